The summed E-state index contributed by atoms with van der Waals surface area (Å²) in [5, 5.41) is 0. The largest absolute Gasteiger partial charge is 0.446 e. The quantitative estimate of drug-likeness (QED) is 0.701. The van der Waals surface area contributed by atoms with Crippen molar-refractivity contribution < 1.29 is 35.2 Å². The van der Waals surface area contributed by atoms with Crippen LogP contribution in [-0.4, -0.2) is 46.0 Å². The monoisotopic (exact) mass is 264 g/mol. The molecule has 1 saturated heterocycles. The van der Waals surface area contributed by atoms with Crippen molar-refractivity contribution in [2.24, 2.45) is 0 Å². The van der Waals surface area contributed by atoms with E-state index in [0.29, 0.717) is 6.26 Å². The molecular formula is C7H11F3O5S. The van der Waals surface area contributed by atoms with Gasteiger partial charge in [0.15, 0.2) is 0 Å². The van der Waals surface area contributed by atoms with Crippen LogP contribution in [-0.2, 0) is 23.8 Å². The van der Waals surface area contributed by atoms with Gasteiger partial charge in [-0.05, 0) is 6.92 Å². The minimum atomic E-state index is -4.87. The predicted octanol–water partition coefficient (Wildman–Crippen LogP) is 0.656. The molecule has 1 aliphatic heterocycles. The first-order chi connectivity index (χ1) is 7.08. The first kappa shape index (κ1) is 13.7. The van der Waals surface area contributed by atoms with E-state index in [-0.39, 0.29) is 13.2 Å². The highest BCUT2D eigenvalue weighted by Crippen LogP contribution is 2.41. The van der Waals surface area contributed by atoms with Gasteiger partial charge in [0.1, 0.15) is 6.10 Å². The number of ether oxygens (including phenoxy) is 2. The summed E-state index contributed by atoms with van der Waals surface area (Å²) in [4.78, 5) is 0. The van der Waals surface area contributed by atoms with Crippen molar-refractivity contribution in [3.8, 4) is 0 Å². The SMILES string of the molecule is CC(OS(C)(=O)=O)C1(C(F)(F)F)OCCO1. The molecule has 5 nitrogen and oxygen atoms in total. The molecule has 0 amide bonds. The molecule has 1 rings (SSSR count). The number of halogens is 3. The fraction of sp³-hybridized carbons (Fsp3) is 1.00. The number of hydrogen-bond acceptors (Lipinski definition) is 5. The fourth-order valence-corrected chi connectivity index (χ4v) is 2.03. The Morgan fingerprint density at radius 1 is 1.31 bits per heavy atom. The average Bonchev–Trinajstić information content (AvgIpc) is 2.46. The molecule has 1 heterocycles. The number of hydrogen-bond donors (Lipinski definition) is 0. The third-order valence-corrected chi connectivity index (χ3v) is 2.60. The first-order valence-electron chi connectivity index (χ1n) is 4.31. The Kier molecular flexibility index (Phi) is 3.53. The Bertz CT molecular complexity index is 344. The minimum Gasteiger partial charge on any atom is -0.338 e. The van der Waals surface area contributed by atoms with Crippen LogP contribution in [0.2, 0.25) is 0 Å². The van der Waals surface area contributed by atoms with Gasteiger partial charge in [-0.2, -0.15) is 21.6 Å². The highest BCUT2D eigenvalue weighted by Gasteiger charge is 2.64. The molecule has 96 valence electrons. The second kappa shape index (κ2) is 4.13. The van der Waals surface area contributed by atoms with Crippen molar-refractivity contribution in [1.29, 1.82) is 0 Å². The molecule has 16 heavy (non-hydrogen) atoms. The van der Waals surface area contributed by atoms with E-state index in [1.807, 2.05) is 0 Å². The van der Waals surface area contributed by atoms with Crippen LogP contribution in [0.4, 0.5) is 13.2 Å². The fourth-order valence-electron chi connectivity index (χ4n) is 1.38. The molecule has 1 unspecified atom stereocenters. The Morgan fingerprint density at radius 3 is 2.06 bits per heavy atom. The van der Waals surface area contributed by atoms with Crippen LogP contribution in [0, 0.1) is 0 Å². The van der Waals surface area contributed by atoms with Gasteiger partial charge in [0.05, 0.1) is 19.5 Å². The van der Waals surface area contributed by atoms with Gasteiger partial charge in [0, 0.05) is 0 Å². The van der Waals surface area contributed by atoms with Gasteiger partial charge < -0.3 is 9.47 Å². The smallest absolute Gasteiger partial charge is 0.338 e. The average molecular weight is 264 g/mol. The molecule has 1 aliphatic rings. The second-order valence-corrected chi connectivity index (χ2v) is 4.91. The van der Waals surface area contributed by atoms with E-state index in [1.54, 1.807) is 0 Å². The summed E-state index contributed by atoms with van der Waals surface area (Å²) >= 11 is 0. The zero-order valence-corrected chi connectivity index (χ0v) is 9.39. The Balaban J connectivity index is 2.95. The Labute approximate surface area is 90.6 Å². The number of rotatable bonds is 3. The van der Waals surface area contributed by atoms with Crippen LogP contribution >= 0.6 is 0 Å². The summed E-state index contributed by atoms with van der Waals surface area (Å²) in [6.45, 7) is 0.397. The number of alkyl halides is 3. The summed E-state index contributed by atoms with van der Waals surface area (Å²) in [6, 6.07) is 0. The van der Waals surface area contributed by atoms with Gasteiger partial charge in [-0.1, -0.05) is 0 Å². The van der Waals surface area contributed by atoms with Gasteiger partial charge in [-0.25, -0.2) is 0 Å². The molecule has 1 atom stereocenters. The van der Waals surface area contributed by atoms with Crippen LogP contribution in [0.25, 0.3) is 0 Å². The van der Waals surface area contributed by atoms with Gasteiger partial charge in [-0.3, -0.25) is 4.18 Å². The topological polar surface area (TPSA) is 61.8 Å². The standard InChI is InChI=1S/C7H11F3O5S/c1-5(15-16(2,11)12)6(7(8,9)10)13-3-4-14-6/h5H,3-4H2,1-2H3. The van der Waals surface area contributed by atoms with E-state index >= 15 is 0 Å². The highest BCUT2D eigenvalue weighted by atomic mass is 32.2. The lowest BCUT2D eigenvalue weighted by Gasteiger charge is -2.33. The van der Waals surface area contributed by atoms with Crippen LogP contribution in [0.3, 0.4) is 0 Å². The van der Waals surface area contributed by atoms with Crippen molar-refractivity contribution in [1.82, 2.24) is 0 Å². The predicted molar refractivity (Wildman–Crippen MR) is 46.1 cm³/mol. The van der Waals surface area contributed by atoms with Gasteiger partial charge in [-0.15, -0.1) is 0 Å². The van der Waals surface area contributed by atoms with Crippen LogP contribution in [0.1, 0.15) is 6.92 Å². The third-order valence-electron chi connectivity index (χ3n) is 1.97. The van der Waals surface area contributed by atoms with Crippen molar-refractivity contribution >= 4 is 10.1 Å². The minimum absolute atomic E-state index is 0.267. The maximum absolute atomic E-state index is 12.7. The molecule has 0 spiro atoms. The zero-order chi connectivity index (χ0) is 12.6. The summed E-state index contributed by atoms with van der Waals surface area (Å²) in [5.41, 5.74) is 0. The van der Waals surface area contributed by atoms with Gasteiger partial charge in [0.2, 0.25) is 0 Å². The molecule has 0 aliphatic carbocycles. The maximum Gasteiger partial charge on any atom is 0.446 e. The second-order valence-electron chi connectivity index (χ2n) is 3.30. The lowest BCUT2D eigenvalue weighted by atomic mass is 10.1. The van der Waals surface area contributed by atoms with Gasteiger partial charge in [0.25, 0.3) is 15.9 Å². The van der Waals surface area contributed by atoms with Crippen molar-refractivity contribution in [2.45, 2.75) is 25.0 Å². The molecule has 0 aromatic heterocycles. The molecule has 0 aromatic rings. The normalized spacial score (nSPS) is 23.3. The van der Waals surface area contributed by atoms with Crippen LogP contribution in [0.15, 0.2) is 0 Å². The van der Waals surface area contributed by atoms with E-state index in [4.69, 9.17) is 0 Å². The van der Waals surface area contributed by atoms with Crippen LogP contribution < -0.4 is 0 Å². The molecular weight excluding hydrogens is 253 g/mol. The summed E-state index contributed by atoms with van der Waals surface area (Å²) < 4.78 is 72.9. The van der Waals surface area contributed by atoms with E-state index in [2.05, 4.69) is 13.7 Å². The third kappa shape index (κ3) is 2.65. The van der Waals surface area contributed by atoms with E-state index in [9.17, 15) is 21.6 Å². The molecule has 1 fully saturated rings. The molecule has 0 aromatic carbocycles. The van der Waals surface area contributed by atoms with E-state index < -0.39 is 28.2 Å². The molecule has 0 radical (unpaired) electrons. The summed E-state index contributed by atoms with van der Waals surface area (Å²) in [5.74, 6) is -3.00. The lowest BCUT2D eigenvalue weighted by molar-refractivity contribution is -0.366. The highest BCUT2D eigenvalue weighted by molar-refractivity contribution is 7.86. The maximum atomic E-state index is 12.7. The van der Waals surface area contributed by atoms with Crippen molar-refractivity contribution in [3.05, 3.63) is 0 Å². The first-order valence-corrected chi connectivity index (χ1v) is 6.13. The molecule has 0 N–H and O–H groups in total. The van der Waals surface area contributed by atoms with Crippen LogP contribution in [0.5, 0.6) is 0 Å². The van der Waals surface area contributed by atoms with Gasteiger partial charge >= 0.3 is 6.18 Å². The summed E-state index contributed by atoms with van der Waals surface area (Å²) in [6.07, 6.45) is -6.01. The van der Waals surface area contributed by atoms with E-state index in [0.717, 1.165) is 6.92 Å². The zero-order valence-electron chi connectivity index (χ0n) is 8.57. The van der Waals surface area contributed by atoms with E-state index in [1.165, 1.54) is 0 Å². The van der Waals surface area contributed by atoms with Crippen molar-refractivity contribution in [3.63, 3.8) is 0 Å². The molecule has 9 heteroatoms. The summed E-state index contributed by atoms with van der Waals surface area (Å²) in [7, 11) is -4.02. The van der Waals surface area contributed by atoms with Crippen molar-refractivity contribution in [2.75, 3.05) is 19.5 Å². The molecule has 0 saturated carbocycles. The lowest BCUT2D eigenvalue weighted by Crippen LogP contribution is -2.55. The Morgan fingerprint density at radius 2 is 1.75 bits per heavy atom. The Hall–Kier alpha value is -0.380. The molecule has 0 bridgehead atoms.